The number of hydrogen-bond acceptors (Lipinski definition) is 4. The summed E-state index contributed by atoms with van der Waals surface area (Å²) in [6.45, 7) is 4.28. The average molecular weight is 271 g/mol. The van der Waals surface area contributed by atoms with Crippen molar-refractivity contribution in [3.8, 4) is 11.6 Å². The van der Waals surface area contributed by atoms with Crippen molar-refractivity contribution in [1.82, 2.24) is 4.98 Å². The van der Waals surface area contributed by atoms with Gasteiger partial charge in [-0.15, -0.1) is 0 Å². The number of hydrogen-bond donors (Lipinski definition) is 0. The van der Waals surface area contributed by atoms with Gasteiger partial charge in [-0.3, -0.25) is 0 Å². The van der Waals surface area contributed by atoms with E-state index in [1.807, 2.05) is 24.3 Å². The first kappa shape index (κ1) is 14.1. The second-order valence-electron chi connectivity index (χ2n) is 4.70. The van der Waals surface area contributed by atoms with E-state index in [9.17, 15) is 4.79 Å². The molecule has 0 unspecified atom stereocenters. The minimum absolute atomic E-state index is 0.398. The number of carbonyl (C=O) groups is 1. The molecule has 2 aromatic rings. The van der Waals surface area contributed by atoms with Gasteiger partial charge in [0.1, 0.15) is 5.75 Å². The Morgan fingerprint density at radius 3 is 2.30 bits per heavy atom. The summed E-state index contributed by atoms with van der Waals surface area (Å²) in [6, 6.07) is 11.1. The predicted molar refractivity (Wildman–Crippen MR) is 76.2 cm³/mol. The zero-order valence-electron chi connectivity index (χ0n) is 11.8. The minimum Gasteiger partial charge on any atom is -0.465 e. The van der Waals surface area contributed by atoms with E-state index < -0.39 is 5.97 Å². The summed E-state index contributed by atoms with van der Waals surface area (Å²) in [5.41, 5.74) is 1.65. The first-order chi connectivity index (χ1) is 9.60. The summed E-state index contributed by atoms with van der Waals surface area (Å²) in [4.78, 5) is 15.4. The maximum Gasteiger partial charge on any atom is 0.339 e. The van der Waals surface area contributed by atoms with Gasteiger partial charge in [0, 0.05) is 12.3 Å². The van der Waals surface area contributed by atoms with Crippen LogP contribution in [0.2, 0.25) is 0 Å². The maximum absolute atomic E-state index is 11.3. The highest BCUT2D eigenvalue weighted by Gasteiger charge is 2.06. The monoisotopic (exact) mass is 271 g/mol. The molecule has 0 aliphatic carbocycles. The Hall–Kier alpha value is -2.36. The van der Waals surface area contributed by atoms with Gasteiger partial charge in [0.15, 0.2) is 0 Å². The molecule has 20 heavy (non-hydrogen) atoms. The molecule has 4 nitrogen and oxygen atoms in total. The van der Waals surface area contributed by atoms with Crippen molar-refractivity contribution in [2.75, 3.05) is 7.11 Å². The summed E-state index contributed by atoms with van der Waals surface area (Å²) in [5.74, 6) is 1.23. The molecule has 0 bridgehead atoms. The third kappa shape index (κ3) is 3.35. The summed E-state index contributed by atoms with van der Waals surface area (Å²) >= 11 is 0. The Labute approximate surface area is 118 Å². The zero-order chi connectivity index (χ0) is 14.5. The number of pyridine rings is 1. The Kier molecular flexibility index (Phi) is 4.35. The van der Waals surface area contributed by atoms with Crippen molar-refractivity contribution in [2.24, 2.45) is 0 Å². The highest BCUT2D eigenvalue weighted by atomic mass is 16.5. The number of rotatable bonds is 4. The molecule has 1 aromatic carbocycles. The topological polar surface area (TPSA) is 48.4 Å². The lowest BCUT2D eigenvalue weighted by molar-refractivity contribution is 0.0600. The molecule has 1 aromatic heterocycles. The first-order valence-electron chi connectivity index (χ1n) is 6.42. The molecule has 2 rings (SSSR count). The Balaban J connectivity index is 2.08. The van der Waals surface area contributed by atoms with Crippen molar-refractivity contribution in [3.05, 3.63) is 53.7 Å². The lowest BCUT2D eigenvalue weighted by Gasteiger charge is -2.08. The Bertz CT molecular complexity index is 574. The van der Waals surface area contributed by atoms with E-state index in [0.717, 1.165) is 0 Å². The van der Waals surface area contributed by atoms with E-state index in [2.05, 4.69) is 23.6 Å². The van der Waals surface area contributed by atoms with Crippen LogP contribution in [-0.4, -0.2) is 18.1 Å². The minimum atomic E-state index is -0.412. The average Bonchev–Trinajstić information content (AvgIpc) is 2.48. The Morgan fingerprint density at radius 2 is 1.80 bits per heavy atom. The molecule has 0 spiro atoms. The van der Waals surface area contributed by atoms with Gasteiger partial charge >= 0.3 is 5.97 Å². The van der Waals surface area contributed by atoms with Gasteiger partial charge in [-0.25, -0.2) is 9.78 Å². The van der Waals surface area contributed by atoms with Gasteiger partial charge in [0.25, 0.3) is 0 Å². The molecule has 0 aliphatic heterocycles. The number of aromatic nitrogens is 1. The van der Waals surface area contributed by atoms with Gasteiger partial charge < -0.3 is 9.47 Å². The van der Waals surface area contributed by atoms with E-state index in [1.54, 1.807) is 12.1 Å². The summed E-state index contributed by atoms with van der Waals surface area (Å²) in [6.07, 6.45) is 1.43. The molecule has 0 amide bonds. The molecular formula is C16H17NO3. The van der Waals surface area contributed by atoms with Crippen LogP contribution in [0.5, 0.6) is 11.6 Å². The van der Waals surface area contributed by atoms with Crippen molar-refractivity contribution >= 4 is 5.97 Å². The van der Waals surface area contributed by atoms with E-state index in [-0.39, 0.29) is 0 Å². The quantitative estimate of drug-likeness (QED) is 0.794. The summed E-state index contributed by atoms with van der Waals surface area (Å²) < 4.78 is 10.2. The smallest absolute Gasteiger partial charge is 0.339 e. The zero-order valence-corrected chi connectivity index (χ0v) is 11.8. The van der Waals surface area contributed by atoms with E-state index >= 15 is 0 Å². The Morgan fingerprint density at radius 1 is 1.10 bits per heavy atom. The van der Waals surface area contributed by atoms with Crippen LogP contribution in [0.4, 0.5) is 0 Å². The normalized spacial score (nSPS) is 10.4. The lowest BCUT2D eigenvalue weighted by Crippen LogP contribution is -2.01. The molecular weight excluding hydrogens is 254 g/mol. The SMILES string of the molecule is COC(=O)c1ccc(Oc2ccc(C(C)C)cc2)nc1. The van der Waals surface area contributed by atoms with E-state index in [0.29, 0.717) is 23.1 Å². The van der Waals surface area contributed by atoms with Crippen LogP contribution in [0.1, 0.15) is 35.7 Å². The second kappa shape index (κ2) is 6.19. The van der Waals surface area contributed by atoms with Gasteiger partial charge in [0.05, 0.1) is 12.7 Å². The van der Waals surface area contributed by atoms with Crippen molar-refractivity contribution < 1.29 is 14.3 Å². The van der Waals surface area contributed by atoms with Crippen LogP contribution < -0.4 is 4.74 Å². The fraction of sp³-hybridized carbons (Fsp3) is 0.250. The number of esters is 1. The third-order valence-corrected chi connectivity index (χ3v) is 2.93. The van der Waals surface area contributed by atoms with E-state index in [1.165, 1.54) is 18.9 Å². The molecule has 0 saturated heterocycles. The lowest BCUT2D eigenvalue weighted by atomic mass is 10.0. The fourth-order valence-electron chi connectivity index (χ4n) is 1.72. The highest BCUT2D eigenvalue weighted by molar-refractivity contribution is 5.88. The molecule has 0 saturated carbocycles. The first-order valence-corrected chi connectivity index (χ1v) is 6.42. The van der Waals surface area contributed by atoms with Gasteiger partial charge in [0.2, 0.25) is 5.88 Å². The van der Waals surface area contributed by atoms with Crippen LogP contribution in [0.15, 0.2) is 42.6 Å². The summed E-state index contributed by atoms with van der Waals surface area (Å²) in [5, 5.41) is 0. The van der Waals surface area contributed by atoms with Crippen molar-refractivity contribution in [3.63, 3.8) is 0 Å². The molecule has 104 valence electrons. The van der Waals surface area contributed by atoms with Crippen LogP contribution >= 0.6 is 0 Å². The molecule has 0 atom stereocenters. The fourth-order valence-corrected chi connectivity index (χ4v) is 1.72. The van der Waals surface area contributed by atoms with E-state index in [4.69, 9.17) is 4.74 Å². The largest absolute Gasteiger partial charge is 0.465 e. The molecule has 4 heteroatoms. The molecule has 0 fully saturated rings. The van der Waals surface area contributed by atoms with Gasteiger partial charge in [-0.05, 0) is 29.7 Å². The number of methoxy groups -OCH3 is 1. The molecule has 1 heterocycles. The van der Waals surface area contributed by atoms with Crippen LogP contribution in [-0.2, 0) is 4.74 Å². The molecule has 0 radical (unpaired) electrons. The van der Waals surface area contributed by atoms with Crippen molar-refractivity contribution in [2.45, 2.75) is 19.8 Å². The second-order valence-corrected chi connectivity index (χ2v) is 4.70. The highest BCUT2D eigenvalue weighted by Crippen LogP contribution is 2.22. The third-order valence-electron chi connectivity index (χ3n) is 2.93. The van der Waals surface area contributed by atoms with Gasteiger partial charge in [-0.1, -0.05) is 26.0 Å². The maximum atomic E-state index is 11.3. The number of benzene rings is 1. The van der Waals surface area contributed by atoms with Crippen LogP contribution in [0.3, 0.4) is 0 Å². The molecule has 0 aliphatic rings. The predicted octanol–water partition coefficient (Wildman–Crippen LogP) is 3.78. The summed E-state index contributed by atoms with van der Waals surface area (Å²) in [7, 11) is 1.34. The van der Waals surface area contributed by atoms with Crippen LogP contribution in [0, 0.1) is 0 Å². The number of ether oxygens (including phenoxy) is 2. The van der Waals surface area contributed by atoms with Gasteiger partial charge in [-0.2, -0.15) is 0 Å². The standard InChI is InChI=1S/C16H17NO3/c1-11(2)12-4-7-14(8-5-12)20-15-9-6-13(10-17-15)16(18)19-3/h4-11H,1-3H3. The van der Waals surface area contributed by atoms with Crippen LogP contribution in [0.25, 0.3) is 0 Å². The number of carbonyl (C=O) groups excluding carboxylic acids is 1. The van der Waals surface area contributed by atoms with Crippen molar-refractivity contribution in [1.29, 1.82) is 0 Å². The number of nitrogens with zero attached hydrogens (tertiary/aromatic N) is 1. The molecule has 0 N–H and O–H groups in total.